The van der Waals surface area contributed by atoms with Gasteiger partial charge < -0.3 is 36.2 Å². The van der Waals surface area contributed by atoms with Crippen molar-refractivity contribution in [3.05, 3.63) is 47.5 Å². The number of carbonyl (C=O) groups is 2. The number of piperidine rings is 1. The fourth-order valence-corrected chi connectivity index (χ4v) is 7.07. The van der Waals surface area contributed by atoms with Gasteiger partial charge in [0.1, 0.15) is 24.1 Å². The van der Waals surface area contributed by atoms with Gasteiger partial charge in [-0.15, -0.1) is 15.6 Å². The highest BCUT2D eigenvalue weighted by Gasteiger charge is 2.58. The molecule has 0 bridgehead atoms. The fourth-order valence-electron chi connectivity index (χ4n) is 6.07. The second-order valence-electron chi connectivity index (χ2n) is 12.9. The van der Waals surface area contributed by atoms with Crippen LogP contribution >= 0.6 is 11.3 Å². The molecule has 3 aromatic rings. The lowest BCUT2D eigenvalue weighted by Crippen LogP contribution is -2.76. The Bertz CT molecular complexity index is 1820. The maximum atomic E-state index is 13.2. The van der Waals surface area contributed by atoms with E-state index in [1.807, 2.05) is 18.2 Å². The minimum absolute atomic E-state index is 0.0164. The van der Waals surface area contributed by atoms with E-state index in [1.165, 1.54) is 25.8 Å². The minimum Gasteiger partial charge on any atom is -0.490 e. The highest BCUT2D eigenvalue weighted by Crippen LogP contribution is 2.33. The number of hydrogen-bond acceptors (Lipinski definition) is 14. The van der Waals surface area contributed by atoms with Crippen molar-refractivity contribution in [2.45, 2.75) is 44.3 Å². The van der Waals surface area contributed by atoms with Gasteiger partial charge in [0, 0.05) is 49.8 Å². The fraction of sp³-hybridized carbons (Fsp3) is 0.484. The van der Waals surface area contributed by atoms with Crippen LogP contribution < -0.4 is 26.4 Å². The Morgan fingerprint density at radius 1 is 1.16 bits per heavy atom. The number of ether oxygens (including phenoxy) is 1. The van der Waals surface area contributed by atoms with Gasteiger partial charge >= 0.3 is 10.4 Å². The predicted molar refractivity (Wildman–Crippen MR) is 183 cm³/mol. The Kier molecular flexibility index (Phi) is 10.2. The van der Waals surface area contributed by atoms with E-state index in [2.05, 4.69) is 53.5 Å². The molecule has 0 saturated carbocycles. The van der Waals surface area contributed by atoms with Gasteiger partial charge in [-0.1, -0.05) is 17.3 Å². The number of thiazole rings is 1. The highest BCUT2D eigenvalue weighted by molar-refractivity contribution is 7.80. The van der Waals surface area contributed by atoms with E-state index in [0.717, 1.165) is 72.7 Å². The topological polar surface area (TPSA) is 210 Å². The Hall–Kier alpha value is -4.07. The maximum Gasteiger partial charge on any atom is 0.418 e. The summed E-state index contributed by atoms with van der Waals surface area (Å²) in [7, 11) is -4.95. The molecule has 16 nitrogen and oxygen atoms in total. The molecule has 264 valence electrons. The van der Waals surface area contributed by atoms with Crippen LogP contribution in [0.5, 0.6) is 5.75 Å². The van der Waals surface area contributed by atoms with E-state index < -0.39 is 33.8 Å². The van der Waals surface area contributed by atoms with Crippen LogP contribution in [-0.4, -0.2) is 109 Å². The molecule has 0 aliphatic carbocycles. The Labute approximate surface area is 287 Å². The molecule has 4 heterocycles. The third-order valence-electron chi connectivity index (χ3n) is 8.85. The zero-order chi connectivity index (χ0) is 34.8. The summed E-state index contributed by atoms with van der Waals surface area (Å²) in [5.74, 6) is -0.267. The first kappa shape index (κ1) is 34.8. The molecule has 1 atom stereocenters. The number of hydrogen-bond donors (Lipinski definition) is 5. The smallest absolute Gasteiger partial charge is 0.418 e. The van der Waals surface area contributed by atoms with E-state index in [-0.39, 0.29) is 29.8 Å². The van der Waals surface area contributed by atoms with Crippen molar-refractivity contribution in [2.75, 3.05) is 57.0 Å². The molecule has 1 unspecified atom stereocenters. The first-order valence-electron chi connectivity index (χ1n) is 16.0. The molecule has 18 heteroatoms. The summed E-state index contributed by atoms with van der Waals surface area (Å²) in [4.78, 5) is 37.7. The number of nitrogens with one attached hydrogen (secondary N) is 3. The standard InChI is InChI=1S/C31H40N8O8S2/c1-31(2)27(29(41)39(31)47-49(42,43)44)36-28(40)26(25-18-48-30(32)35-25)37-46-12-11-45-24-6-4-20-13-23(5-3-21(20)14-24)34-22-7-9-38(10-8-22)17-19-15-33-16-19/h3-6,13-14,18-19,22,27,33-34H,7-12,15-17H2,1-2H3,(H2,32,35)(H,36,40)(H,42,43,44)/b37-26-. The number of oxime groups is 1. The zero-order valence-electron chi connectivity index (χ0n) is 27.1. The largest absolute Gasteiger partial charge is 0.490 e. The highest BCUT2D eigenvalue weighted by atomic mass is 32.3. The molecule has 3 aliphatic rings. The van der Waals surface area contributed by atoms with E-state index in [1.54, 1.807) is 0 Å². The van der Waals surface area contributed by atoms with Crippen LogP contribution in [0.3, 0.4) is 0 Å². The summed E-state index contributed by atoms with van der Waals surface area (Å²) in [6, 6.07) is 11.4. The van der Waals surface area contributed by atoms with E-state index in [0.29, 0.717) is 16.9 Å². The van der Waals surface area contributed by atoms with Crippen molar-refractivity contribution in [2.24, 2.45) is 11.1 Å². The van der Waals surface area contributed by atoms with Crippen molar-refractivity contribution < 1.29 is 36.4 Å². The molecule has 6 rings (SSSR count). The van der Waals surface area contributed by atoms with Gasteiger partial charge in [0.05, 0.1) is 5.54 Å². The van der Waals surface area contributed by atoms with E-state index >= 15 is 0 Å². The average Bonchev–Trinajstić information content (AvgIpc) is 3.47. The molecule has 3 aliphatic heterocycles. The lowest BCUT2D eigenvalue weighted by atomic mass is 9.84. The maximum absolute atomic E-state index is 13.2. The first-order chi connectivity index (χ1) is 23.4. The van der Waals surface area contributed by atoms with Crippen LogP contribution in [0.15, 0.2) is 46.9 Å². The lowest BCUT2D eigenvalue weighted by molar-refractivity contribution is -0.218. The number of benzene rings is 2. The molecule has 2 amide bonds. The number of likely N-dealkylation sites (tertiary alicyclic amines) is 1. The lowest BCUT2D eigenvalue weighted by Gasteiger charge is -2.50. The second kappa shape index (κ2) is 14.4. The number of aromatic nitrogens is 1. The van der Waals surface area contributed by atoms with E-state index in [9.17, 15) is 18.0 Å². The van der Waals surface area contributed by atoms with Gasteiger partial charge in [-0.2, -0.15) is 13.5 Å². The summed E-state index contributed by atoms with van der Waals surface area (Å²) < 4.78 is 41.4. The minimum atomic E-state index is -4.95. The van der Waals surface area contributed by atoms with Gasteiger partial charge in [-0.05, 0) is 67.6 Å². The molecule has 2 aromatic carbocycles. The summed E-state index contributed by atoms with van der Waals surface area (Å²) in [6.07, 6.45) is 2.26. The molecular formula is C31H40N8O8S2. The first-order valence-corrected chi connectivity index (χ1v) is 18.2. The van der Waals surface area contributed by atoms with Crippen molar-refractivity contribution >= 4 is 60.9 Å². The number of amides is 2. The molecular weight excluding hydrogens is 677 g/mol. The van der Waals surface area contributed by atoms with Crippen molar-refractivity contribution in [3.8, 4) is 5.75 Å². The summed E-state index contributed by atoms with van der Waals surface area (Å²) in [5.41, 5.74) is 5.40. The summed E-state index contributed by atoms with van der Waals surface area (Å²) in [5, 5.41) is 17.8. The number of rotatable bonds is 14. The third kappa shape index (κ3) is 8.39. The van der Waals surface area contributed by atoms with Crippen LogP contribution in [0.1, 0.15) is 32.4 Å². The Balaban J connectivity index is 0.998. The molecule has 6 N–H and O–H groups in total. The number of anilines is 2. The number of nitrogen functional groups attached to an aromatic ring is 1. The summed E-state index contributed by atoms with van der Waals surface area (Å²) in [6.45, 7) is 8.73. The van der Waals surface area contributed by atoms with Gasteiger partial charge in [-0.3, -0.25) is 14.1 Å². The van der Waals surface area contributed by atoms with Gasteiger partial charge in [0.25, 0.3) is 11.8 Å². The molecule has 3 saturated heterocycles. The summed E-state index contributed by atoms with van der Waals surface area (Å²) >= 11 is 1.08. The van der Waals surface area contributed by atoms with Crippen LogP contribution in [0, 0.1) is 5.92 Å². The van der Waals surface area contributed by atoms with Crippen LogP contribution in [-0.2, 0) is 29.1 Å². The number of hydroxylamine groups is 2. The monoisotopic (exact) mass is 716 g/mol. The SMILES string of the molecule is CC1(C)C(NC(=O)/C(=N\OCCOc2ccc3cc(NC4CCN(CC5CNC5)CC4)ccc3c2)c2csc(N)n2)C(=O)N1OS(=O)(=O)O. The average molecular weight is 717 g/mol. The van der Waals surface area contributed by atoms with Gasteiger partial charge in [0.15, 0.2) is 17.5 Å². The molecule has 0 radical (unpaired) electrons. The zero-order valence-corrected chi connectivity index (χ0v) is 28.8. The van der Waals surface area contributed by atoms with Crippen molar-refractivity contribution in [1.29, 1.82) is 0 Å². The predicted octanol–water partition coefficient (Wildman–Crippen LogP) is 1.61. The van der Waals surface area contributed by atoms with Crippen molar-refractivity contribution in [3.63, 3.8) is 0 Å². The second-order valence-corrected chi connectivity index (χ2v) is 14.7. The van der Waals surface area contributed by atoms with Crippen LogP contribution in [0.25, 0.3) is 10.8 Å². The van der Waals surface area contributed by atoms with E-state index in [4.69, 9.17) is 19.9 Å². The number of nitrogens with two attached hydrogens (primary N) is 1. The third-order valence-corrected chi connectivity index (χ3v) is 9.86. The molecule has 49 heavy (non-hydrogen) atoms. The quantitative estimate of drug-likeness (QED) is 0.0529. The number of β-lactam (4-membered cyclic amide) rings is 1. The Morgan fingerprint density at radius 2 is 1.90 bits per heavy atom. The Morgan fingerprint density at radius 3 is 2.55 bits per heavy atom. The molecule has 3 fully saturated rings. The van der Waals surface area contributed by atoms with Crippen LogP contribution in [0.2, 0.25) is 0 Å². The molecule has 0 spiro atoms. The van der Waals surface area contributed by atoms with Gasteiger partial charge in [-0.25, -0.2) is 4.98 Å². The van der Waals surface area contributed by atoms with Gasteiger partial charge in [0.2, 0.25) is 0 Å². The number of fused-ring (bicyclic) bond motifs is 1. The number of carbonyl (C=O) groups excluding carboxylic acids is 2. The van der Waals surface area contributed by atoms with Crippen molar-refractivity contribution in [1.82, 2.24) is 25.6 Å². The number of nitrogens with zero attached hydrogens (tertiary/aromatic N) is 4. The normalized spacial score (nSPS) is 20.5. The van der Waals surface area contributed by atoms with Crippen LogP contribution in [0.4, 0.5) is 10.8 Å². The molecule has 1 aromatic heterocycles.